The first kappa shape index (κ1) is 21.1. The number of rotatable bonds is 5. The van der Waals surface area contributed by atoms with Crippen LogP contribution in [-0.4, -0.2) is 30.1 Å². The normalized spacial score (nSPS) is 20.5. The number of allylic oxidation sites excluding steroid dienone is 2. The van der Waals surface area contributed by atoms with E-state index in [0.29, 0.717) is 23.8 Å². The lowest BCUT2D eigenvalue weighted by Gasteiger charge is -2.38. The summed E-state index contributed by atoms with van der Waals surface area (Å²) in [5.41, 5.74) is 4.79. The van der Waals surface area contributed by atoms with Gasteiger partial charge in [0.25, 0.3) is 5.91 Å². The van der Waals surface area contributed by atoms with E-state index in [1.807, 2.05) is 55.6 Å². The lowest BCUT2D eigenvalue weighted by Crippen LogP contribution is -2.32. The second-order valence-corrected chi connectivity index (χ2v) is 8.82. The van der Waals surface area contributed by atoms with Gasteiger partial charge in [-0.15, -0.1) is 0 Å². The van der Waals surface area contributed by atoms with Gasteiger partial charge < -0.3 is 20.1 Å². The molecule has 33 heavy (non-hydrogen) atoms. The van der Waals surface area contributed by atoms with Crippen LogP contribution in [0.2, 0.25) is 0 Å². The number of carbonyl (C=O) groups excluding carboxylic acids is 1. The largest absolute Gasteiger partial charge is 0.504 e. The van der Waals surface area contributed by atoms with Crippen LogP contribution in [0.4, 0.5) is 5.69 Å². The van der Waals surface area contributed by atoms with Crippen molar-refractivity contribution in [3.05, 3.63) is 101 Å². The molecule has 3 aromatic rings. The van der Waals surface area contributed by atoms with E-state index >= 15 is 0 Å². The molecule has 1 aliphatic carbocycles. The number of phenolic OH excluding ortho intramolecular Hbond substituents is 1. The number of fused-ring (bicyclic) bond motifs is 3. The minimum atomic E-state index is -0.0253. The summed E-state index contributed by atoms with van der Waals surface area (Å²) in [5, 5.41) is 14.1. The lowest BCUT2D eigenvalue weighted by molar-refractivity contribution is 0.0785. The Morgan fingerprint density at radius 2 is 1.94 bits per heavy atom. The molecule has 1 heterocycles. The maximum Gasteiger partial charge on any atom is 0.256 e. The summed E-state index contributed by atoms with van der Waals surface area (Å²) in [6.07, 6.45) is 5.42. The first-order valence-electron chi connectivity index (χ1n) is 11.3. The molecule has 3 aromatic carbocycles. The molecule has 3 atom stereocenters. The van der Waals surface area contributed by atoms with Crippen LogP contribution in [0.5, 0.6) is 11.5 Å². The molecular formula is C28H28N2O3. The SMILES string of the molecule is COc1ccc(C2Nc3c(C(=O)N(C)Cc4ccccc4)cccc3C3C=CCC32)cc1O. The Hall–Kier alpha value is -3.73. The molecule has 1 amide bonds. The van der Waals surface area contributed by atoms with Crippen LogP contribution in [0, 0.1) is 5.92 Å². The number of ether oxygens (including phenoxy) is 1. The van der Waals surface area contributed by atoms with Gasteiger partial charge in [-0.1, -0.05) is 60.7 Å². The van der Waals surface area contributed by atoms with Crippen molar-refractivity contribution in [2.75, 3.05) is 19.5 Å². The van der Waals surface area contributed by atoms with E-state index in [4.69, 9.17) is 4.74 Å². The molecule has 168 valence electrons. The van der Waals surface area contributed by atoms with Crippen molar-refractivity contribution in [2.24, 2.45) is 5.92 Å². The molecule has 3 unspecified atom stereocenters. The number of methoxy groups -OCH3 is 1. The van der Waals surface area contributed by atoms with E-state index < -0.39 is 0 Å². The van der Waals surface area contributed by atoms with E-state index in [-0.39, 0.29) is 23.6 Å². The Morgan fingerprint density at radius 1 is 1.12 bits per heavy atom. The number of nitrogens with one attached hydrogen (secondary N) is 1. The van der Waals surface area contributed by atoms with Crippen LogP contribution in [0.3, 0.4) is 0 Å². The van der Waals surface area contributed by atoms with Crippen LogP contribution < -0.4 is 10.1 Å². The van der Waals surface area contributed by atoms with Crippen LogP contribution in [0.1, 0.15) is 45.4 Å². The molecule has 5 rings (SSSR count). The minimum absolute atomic E-state index is 0.0139. The molecule has 0 radical (unpaired) electrons. The van der Waals surface area contributed by atoms with Gasteiger partial charge in [0.15, 0.2) is 11.5 Å². The summed E-state index contributed by atoms with van der Waals surface area (Å²) in [6, 6.07) is 21.5. The van der Waals surface area contributed by atoms with Crippen LogP contribution in [0.25, 0.3) is 0 Å². The molecule has 0 bridgehead atoms. The number of amides is 1. The Morgan fingerprint density at radius 3 is 2.70 bits per heavy atom. The highest BCUT2D eigenvalue weighted by Gasteiger charge is 2.39. The van der Waals surface area contributed by atoms with Gasteiger partial charge in [0, 0.05) is 19.5 Å². The summed E-state index contributed by atoms with van der Waals surface area (Å²) in [6.45, 7) is 0.547. The van der Waals surface area contributed by atoms with Crippen LogP contribution >= 0.6 is 0 Å². The number of aromatic hydroxyl groups is 1. The maximum atomic E-state index is 13.5. The molecule has 5 heteroatoms. The number of anilines is 1. The summed E-state index contributed by atoms with van der Waals surface area (Å²) < 4.78 is 5.22. The second kappa shape index (κ2) is 8.66. The van der Waals surface area contributed by atoms with Gasteiger partial charge in [-0.25, -0.2) is 0 Å². The molecule has 0 aromatic heterocycles. The highest BCUT2D eigenvalue weighted by atomic mass is 16.5. The number of hydrogen-bond acceptors (Lipinski definition) is 4. The summed E-state index contributed by atoms with van der Waals surface area (Å²) in [7, 11) is 3.39. The van der Waals surface area contributed by atoms with E-state index in [1.165, 1.54) is 0 Å². The van der Waals surface area contributed by atoms with Crippen molar-refractivity contribution < 1.29 is 14.6 Å². The number of phenols is 1. The Balaban J connectivity index is 1.50. The van der Waals surface area contributed by atoms with Gasteiger partial charge in [0.05, 0.1) is 24.4 Å². The molecule has 5 nitrogen and oxygen atoms in total. The quantitative estimate of drug-likeness (QED) is 0.515. The van der Waals surface area contributed by atoms with Gasteiger partial charge in [0.2, 0.25) is 0 Å². The van der Waals surface area contributed by atoms with Gasteiger partial charge in [0.1, 0.15) is 0 Å². The first-order chi connectivity index (χ1) is 16.1. The Bertz CT molecular complexity index is 1210. The number of para-hydroxylation sites is 1. The summed E-state index contributed by atoms with van der Waals surface area (Å²) >= 11 is 0. The predicted octanol–water partition coefficient (Wildman–Crippen LogP) is 5.50. The average Bonchev–Trinajstić information content (AvgIpc) is 3.33. The van der Waals surface area contributed by atoms with Gasteiger partial charge in [-0.2, -0.15) is 0 Å². The standard InChI is InChI=1S/C28H28N2O3/c1-30(17-18-8-4-3-5-9-18)28(32)23-13-7-12-22-20-10-6-11-21(20)26(29-27(22)23)19-14-15-25(33-2)24(31)16-19/h3-10,12-16,20-21,26,29,31H,11,17H2,1-2H3. The fourth-order valence-corrected chi connectivity index (χ4v) is 5.16. The average molecular weight is 441 g/mol. The van der Waals surface area contributed by atoms with Crippen molar-refractivity contribution in [2.45, 2.75) is 24.9 Å². The van der Waals surface area contributed by atoms with Crippen LogP contribution in [0.15, 0.2) is 78.9 Å². The van der Waals surface area contributed by atoms with Crippen molar-refractivity contribution in [1.82, 2.24) is 4.90 Å². The fourth-order valence-electron chi connectivity index (χ4n) is 5.16. The highest BCUT2D eigenvalue weighted by molar-refractivity contribution is 6.00. The zero-order chi connectivity index (χ0) is 22.9. The molecule has 2 aliphatic rings. The Kier molecular flexibility index (Phi) is 5.55. The van der Waals surface area contributed by atoms with E-state index in [0.717, 1.165) is 28.8 Å². The number of benzene rings is 3. The molecule has 1 aliphatic heterocycles. The van der Waals surface area contributed by atoms with Gasteiger partial charge in [-0.05, 0) is 47.2 Å². The third-order valence-electron chi connectivity index (χ3n) is 6.80. The zero-order valence-corrected chi connectivity index (χ0v) is 18.9. The summed E-state index contributed by atoms with van der Waals surface area (Å²) in [5.74, 6) is 1.10. The first-order valence-corrected chi connectivity index (χ1v) is 11.3. The zero-order valence-electron chi connectivity index (χ0n) is 18.9. The molecule has 0 fully saturated rings. The van der Waals surface area contributed by atoms with Gasteiger partial charge in [-0.3, -0.25) is 4.79 Å². The third-order valence-corrected chi connectivity index (χ3v) is 6.80. The minimum Gasteiger partial charge on any atom is -0.504 e. The smallest absolute Gasteiger partial charge is 0.256 e. The van der Waals surface area contributed by atoms with E-state index in [9.17, 15) is 9.90 Å². The topological polar surface area (TPSA) is 61.8 Å². The van der Waals surface area contributed by atoms with E-state index in [2.05, 4.69) is 23.5 Å². The maximum absolute atomic E-state index is 13.5. The van der Waals surface area contributed by atoms with Crippen molar-refractivity contribution in [3.63, 3.8) is 0 Å². The lowest BCUT2D eigenvalue weighted by atomic mass is 9.76. The monoisotopic (exact) mass is 440 g/mol. The third kappa shape index (κ3) is 3.84. The molecule has 2 N–H and O–H groups in total. The number of carbonyl (C=O) groups is 1. The van der Waals surface area contributed by atoms with Crippen molar-refractivity contribution in [3.8, 4) is 11.5 Å². The van der Waals surface area contributed by atoms with Crippen molar-refractivity contribution >= 4 is 11.6 Å². The van der Waals surface area contributed by atoms with Crippen LogP contribution in [-0.2, 0) is 6.54 Å². The molecular weight excluding hydrogens is 412 g/mol. The van der Waals surface area contributed by atoms with Gasteiger partial charge >= 0.3 is 0 Å². The molecule has 0 saturated heterocycles. The second-order valence-electron chi connectivity index (χ2n) is 8.82. The number of nitrogens with zero attached hydrogens (tertiary/aromatic N) is 1. The van der Waals surface area contributed by atoms with Crippen molar-refractivity contribution in [1.29, 1.82) is 0 Å². The van der Waals surface area contributed by atoms with E-state index in [1.54, 1.807) is 24.1 Å². The fraction of sp³-hybridized carbons (Fsp3) is 0.250. The highest BCUT2D eigenvalue weighted by Crippen LogP contribution is 2.51. The molecule has 0 saturated carbocycles. The summed E-state index contributed by atoms with van der Waals surface area (Å²) in [4.78, 5) is 15.3. The molecule has 0 spiro atoms. The number of hydrogen-bond donors (Lipinski definition) is 2. The Labute approximate surface area is 194 Å². The predicted molar refractivity (Wildman–Crippen MR) is 130 cm³/mol.